The molecule has 1 N–H and O–H groups in total. The van der Waals surface area contributed by atoms with Crippen LogP contribution in [0.4, 0.5) is 4.79 Å². The molecule has 0 aliphatic rings. The smallest absolute Gasteiger partial charge is 0.407 e. The highest BCUT2D eigenvalue weighted by Crippen LogP contribution is 2.22. The molecule has 1 amide bonds. The van der Waals surface area contributed by atoms with Gasteiger partial charge in [-0.15, -0.1) is 6.58 Å². The van der Waals surface area contributed by atoms with Gasteiger partial charge in [-0.05, 0) is 18.4 Å². The van der Waals surface area contributed by atoms with Crippen LogP contribution >= 0.6 is 0 Å². The van der Waals surface area contributed by atoms with Crippen molar-refractivity contribution in [1.82, 2.24) is 5.32 Å². The number of hydrogen-bond donors (Lipinski definition) is 1. The number of unbranched alkanes of at least 4 members (excludes halogenated alkanes) is 3. The fraction of sp³-hybridized carbons (Fsp3) is 0.550. The summed E-state index contributed by atoms with van der Waals surface area (Å²) in [6.45, 7) is 7.24. The van der Waals surface area contributed by atoms with Gasteiger partial charge in [-0.2, -0.15) is 0 Å². The van der Waals surface area contributed by atoms with Crippen molar-refractivity contribution >= 4 is 6.09 Å². The molecule has 1 unspecified atom stereocenters. The lowest BCUT2D eigenvalue weighted by Crippen LogP contribution is -2.47. The summed E-state index contributed by atoms with van der Waals surface area (Å²) in [4.78, 5) is 11.7. The van der Waals surface area contributed by atoms with Crippen LogP contribution in [0.15, 0.2) is 43.0 Å². The Labute approximate surface area is 146 Å². The van der Waals surface area contributed by atoms with E-state index in [2.05, 4.69) is 18.8 Å². The quantitative estimate of drug-likeness (QED) is 0.439. The van der Waals surface area contributed by atoms with Crippen LogP contribution in [-0.2, 0) is 16.1 Å². The normalized spacial score (nSPS) is 13.1. The lowest BCUT2D eigenvalue weighted by molar-refractivity contribution is 0.0970. The maximum Gasteiger partial charge on any atom is 0.407 e. The lowest BCUT2D eigenvalue weighted by Gasteiger charge is -2.31. The predicted octanol–water partition coefficient (Wildman–Crippen LogP) is 4.84. The summed E-state index contributed by atoms with van der Waals surface area (Å²) in [6.07, 6.45) is 7.52. The Balaban J connectivity index is 2.52. The molecule has 0 saturated heterocycles. The van der Waals surface area contributed by atoms with Crippen LogP contribution in [0.1, 0.15) is 51.0 Å². The Kier molecular flexibility index (Phi) is 9.85. The number of alkyl carbamates (subject to hydrolysis) is 1. The monoisotopic (exact) mass is 333 g/mol. The summed E-state index contributed by atoms with van der Waals surface area (Å²) < 4.78 is 10.6. The molecule has 0 spiro atoms. The second-order valence-electron chi connectivity index (χ2n) is 6.08. The van der Waals surface area contributed by atoms with Gasteiger partial charge in [-0.1, -0.05) is 69.0 Å². The summed E-state index contributed by atoms with van der Waals surface area (Å²) in [7, 11) is 1.38. The van der Waals surface area contributed by atoms with Gasteiger partial charge in [0.1, 0.15) is 0 Å². The minimum atomic E-state index is -0.475. The first-order valence-corrected chi connectivity index (χ1v) is 8.77. The first-order chi connectivity index (χ1) is 11.7. The molecule has 0 aliphatic carbocycles. The van der Waals surface area contributed by atoms with E-state index in [-0.39, 0.29) is 0 Å². The highest BCUT2D eigenvalue weighted by atomic mass is 16.5. The van der Waals surface area contributed by atoms with Crippen molar-refractivity contribution in [3.63, 3.8) is 0 Å². The van der Waals surface area contributed by atoms with Crippen molar-refractivity contribution in [3.05, 3.63) is 48.6 Å². The van der Waals surface area contributed by atoms with Crippen molar-refractivity contribution in [3.8, 4) is 0 Å². The van der Waals surface area contributed by atoms with Crippen LogP contribution in [0.3, 0.4) is 0 Å². The molecule has 4 nitrogen and oxygen atoms in total. The van der Waals surface area contributed by atoms with E-state index in [0.717, 1.165) is 24.8 Å². The molecule has 1 atom stereocenters. The molecular formula is C20H31NO3. The van der Waals surface area contributed by atoms with Gasteiger partial charge in [-0.3, -0.25) is 0 Å². The zero-order valence-corrected chi connectivity index (χ0v) is 15.1. The van der Waals surface area contributed by atoms with E-state index in [0.29, 0.717) is 19.6 Å². The Bertz CT molecular complexity index is 475. The molecule has 134 valence electrons. The van der Waals surface area contributed by atoms with Crippen LogP contribution in [0.5, 0.6) is 0 Å². The standard InChI is InChI=1S/C20H31NO3/c1-4-6-7-11-14-20(5-2,21-19(22)23-3)15-16-24-17-18-12-9-8-10-13-18/h5,8-10,12-13H,2,4,6-7,11,14-17H2,1,3H3,(H,21,22). The van der Waals surface area contributed by atoms with E-state index in [1.807, 2.05) is 36.4 Å². The SMILES string of the molecule is C=CC(CCCCCC)(CCOCc1ccccc1)NC(=O)OC. The van der Waals surface area contributed by atoms with E-state index >= 15 is 0 Å². The van der Waals surface area contributed by atoms with Gasteiger partial charge in [0, 0.05) is 6.61 Å². The highest BCUT2D eigenvalue weighted by Gasteiger charge is 2.28. The van der Waals surface area contributed by atoms with E-state index in [9.17, 15) is 4.79 Å². The van der Waals surface area contributed by atoms with Crippen LogP contribution in [0.25, 0.3) is 0 Å². The summed E-state index contributed by atoms with van der Waals surface area (Å²) in [5.41, 5.74) is 0.669. The molecule has 1 aromatic rings. The van der Waals surface area contributed by atoms with E-state index in [4.69, 9.17) is 9.47 Å². The number of hydrogen-bond acceptors (Lipinski definition) is 3. The number of nitrogens with one attached hydrogen (secondary N) is 1. The Morgan fingerprint density at radius 2 is 1.96 bits per heavy atom. The van der Waals surface area contributed by atoms with Crippen LogP contribution in [0, 0.1) is 0 Å². The van der Waals surface area contributed by atoms with Crippen molar-refractivity contribution in [2.45, 2.75) is 57.6 Å². The number of rotatable bonds is 12. The second kappa shape index (κ2) is 11.7. The van der Waals surface area contributed by atoms with Crippen LogP contribution in [0.2, 0.25) is 0 Å². The fourth-order valence-corrected chi connectivity index (χ4v) is 2.65. The zero-order chi connectivity index (χ0) is 17.7. The summed E-state index contributed by atoms with van der Waals surface area (Å²) in [5, 5.41) is 2.95. The van der Waals surface area contributed by atoms with E-state index < -0.39 is 11.6 Å². The first kappa shape index (κ1) is 20.2. The van der Waals surface area contributed by atoms with Crippen molar-refractivity contribution in [2.75, 3.05) is 13.7 Å². The Morgan fingerprint density at radius 3 is 2.58 bits per heavy atom. The van der Waals surface area contributed by atoms with E-state index in [1.54, 1.807) is 0 Å². The number of carbonyl (C=O) groups excluding carboxylic acids is 1. The molecule has 1 aromatic carbocycles. The zero-order valence-electron chi connectivity index (χ0n) is 15.1. The number of ether oxygens (including phenoxy) is 2. The van der Waals surface area contributed by atoms with Crippen LogP contribution < -0.4 is 5.32 Å². The lowest BCUT2D eigenvalue weighted by atomic mass is 9.89. The minimum absolute atomic E-state index is 0.423. The summed E-state index contributed by atoms with van der Waals surface area (Å²) >= 11 is 0. The average molecular weight is 333 g/mol. The third-order valence-electron chi connectivity index (χ3n) is 4.21. The van der Waals surface area contributed by atoms with Gasteiger partial charge < -0.3 is 14.8 Å². The highest BCUT2D eigenvalue weighted by molar-refractivity contribution is 5.68. The predicted molar refractivity (Wildman–Crippen MR) is 97.9 cm³/mol. The molecule has 0 aromatic heterocycles. The summed E-state index contributed by atoms with van der Waals surface area (Å²) in [5.74, 6) is 0. The molecule has 0 heterocycles. The van der Waals surface area contributed by atoms with E-state index in [1.165, 1.54) is 20.0 Å². The third kappa shape index (κ3) is 7.64. The fourth-order valence-electron chi connectivity index (χ4n) is 2.65. The van der Waals surface area contributed by atoms with Gasteiger partial charge in [-0.25, -0.2) is 4.79 Å². The largest absolute Gasteiger partial charge is 0.453 e. The van der Waals surface area contributed by atoms with Gasteiger partial charge in [0.2, 0.25) is 0 Å². The second-order valence-corrected chi connectivity index (χ2v) is 6.08. The van der Waals surface area contributed by atoms with Gasteiger partial charge in [0.05, 0.1) is 19.3 Å². The number of methoxy groups -OCH3 is 1. The van der Waals surface area contributed by atoms with Crippen LogP contribution in [-0.4, -0.2) is 25.3 Å². The first-order valence-electron chi connectivity index (χ1n) is 8.77. The minimum Gasteiger partial charge on any atom is -0.453 e. The van der Waals surface area contributed by atoms with Crippen molar-refractivity contribution < 1.29 is 14.3 Å². The molecule has 24 heavy (non-hydrogen) atoms. The molecule has 4 heteroatoms. The van der Waals surface area contributed by atoms with Gasteiger partial charge in [0.25, 0.3) is 0 Å². The molecule has 0 bridgehead atoms. The molecular weight excluding hydrogens is 302 g/mol. The maximum atomic E-state index is 11.7. The molecule has 0 saturated carbocycles. The topological polar surface area (TPSA) is 47.6 Å². The number of amides is 1. The molecule has 0 aliphatic heterocycles. The average Bonchev–Trinajstić information content (AvgIpc) is 2.62. The van der Waals surface area contributed by atoms with Crippen molar-refractivity contribution in [2.24, 2.45) is 0 Å². The number of benzene rings is 1. The maximum absolute atomic E-state index is 11.7. The molecule has 1 rings (SSSR count). The van der Waals surface area contributed by atoms with Crippen molar-refractivity contribution in [1.29, 1.82) is 0 Å². The Morgan fingerprint density at radius 1 is 1.21 bits per heavy atom. The summed E-state index contributed by atoms with van der Waals surface area (Å²) in [6, 6.07) is 10.1. The number of carbonyl (C=O) groups is 1. The van der Waals surface area contributed by atoms with Gasteiger partial charge >= 0.3 is 6.09 Å². The van der Waals surface area contributed by atoms with Gasteiger partial charge in [0.15, 0.2) is 0 Å². The third-order valence-corrected chi connectivity index (χ3v) is 4.21. The molecule has 0 fully saturated rings. The Hall–Kier alpha value is -1.81. The molecule has 0 radical (unpaired) electrons.